The minimum Gasteiger partial charge on any atom is -0.0622 e. The third kappa shape index (κ3) is 4.23. The van der Waals surface area contributed by atoms with Crippen molar-refractivity contribution in [2.24, 2.45) is 0 Å². The molecule has 46 heavy (non-hydrogen) atoms. The van der Waals surface area contributed by atoms with Crippen molar-refractivity contribution in [2.45, 2.75) is 0 Å². The monoisotopic (exact) mass is 582 g/mol. The van der Waals surface area contributed by atoms with Gasteiger partial charge < -0.3 is 0 Å². The highest BCUT2D eigenvalue weighted by Crippen LogP contribution is 2.47. The lowest BCUT2D eigenvalue weighted by Gasteiger charge is -2.20. The molecule has 0 N–H and O–H groups in total. The molecule has 0 aliphatic carbocycles. The van der Waals surface area contributed by atoms with Crippen LogP contribution in [0.2, 0.25) is 0 Å². The van der Waals surface area contributed by atoms with Crippen molar-refractivity contribution in [2.75, 3.05) is 0 Å². The van der Waals surface area contributed by atoms with Crippen molar-refractivity contribution in [3.8, 4) is 44.5 Å². The first-order valence-electron chi connectivity index (χ1n) is 15.9. The van der Waals surface area contributed by atoms with E-state index in [1.807, 2.05) is 0 Å². The van der Waals surface area contributed by atoms with Crippen LogP contribution >= 0.6 is 0 Å². The van der Waals surface area contributed by atoms with Crippen LogP contribution in [-0.2, 0) is 0 Å². The summed E-state index contributed by atoms with van der Waals surface area (Å²) in [6.45, 7) is 0. The topological polar surface area (TPSA) is 0 Å². The second kappa shape index (κ2) is 10.9. The quantitative estimate of drug-likeness (QED) is 0.181. The van der Waals surface area contributed by atoms with Gasteiger partial charge in [-0.15, -0.1) is 0 Å². The van der Waals surface area contributed by atoms with Crippen LogP contribution in [0.15, 0.2) is 182 Å². The molecular formula is C46H30. The van der Waals surface area contributed by atoms with Crippen molar-refractivity contribution in [1.29, 1.82) is 0 Å². The van der Waals surface area contributed by atoms with Gasteiger partial charge in [-0.2, -0.15) is 0 Å². The highest BCUT2D eigenvalue weighted by atomic mass is 14.2. The summed E-state index contributed by atoms with van der Waals surface area (Å²) in [5.41, 5.74) is 10.0. The molecule has 9 aromatic rings. The Morgan fingerprint density at radius 3 is 1.17 bits per heavy atom. The Labute approximate surface area is 268 Å². The van der Waals surface area contributed by atoms with Gasteiger partial charge in [0.05, 0.1) is 0 Å². The van der Waals surface area contributed by atoms with Crippen LogP contribution in [0.4, 0.5) is 0 Å². The van der Waals surface area contributed by atoms with Gasteiger partial charge in [0.25, 0.3) is 0 Å². The molecule has 0 saturated carbocycles. The summed E-state index contributed by atoms with van der Waals surface area (Å²) in [5, 5.41) is 10.1. The second-order valence-corrected chi connectivity index (χ2v) is 12.0. The van der Waals surface area contributed by atoms with E-state index >= 15 is 0 Å². The van der Waals surface area contributed by atoms with E-state index in [0.717, 1.165) is 0 Å². The van der Waals surface area contributed by atoms with E-state index in [1.165, 1.54) is 87.6 Å². The second-order valence-electron chi connectivity index (χ2n) is 12.0. The van der Waals surface area contributed by atoms with Gasteiger partial charge in [-0.3, -0.25) is 0 Å². The SMILES string of the molecule is c1ccc(-c2ccccc2-c2c3ccccc3c(-c3cccc(-c4c5ccccc5cc5ccccc45)c3)c3ccccc23)cc1. The van der Waals surface area contributed by atoms with Crippen molar-refractivity contribution in [1.82, 2.24) is 0 Å². The smallest absolute Gasteiger partial charge is 0.00201 e. The predicted molar refractivity (Wildman–Crippen MR) is 198 cm³/mol. The molecule has 0 atom stereocenters. The summed E-state index contributed by atoms with van der Waals surface area (Å²) in [6, 6.07) is 66.5. The standard InChI is InChI=1S/C46H30/c1-2-15-31(16-3-1)36-21-8-9-24-39(36)46-42-27-12-10-25-40(42)45(41-26-11-13-28-43(41)46)35-20-14-19-34(30-35)44-37-22-6-4-17-32(37)29-33-18-5-7-23-38(33)44/h1-30H. The zero-order valence-electron chi connectivity index (χ0n) is 25.3. The van der Waals surface area contributed by atoms with Crippen LogP contribution in [0.3, 0.4) is 0 Å². The molecule has 0 radical (unpaired) electrons. The Bertz CT molecular complexity index is 2460. The van der Waals surface area contributed by atoms with E-state index in [4.69, 9.17) is 0 Å². The number of rotatable bonds is 4. The summed E-state index contributed by atoms with van der Waals surface area (Å²) in [6.07, 6.45) is 0. The zero-order chi connectivity index (χ0) is 30.5. The Morgan fingerprint density at radius 2 is 0.609 bits per heavy atom. The van der Waals surface area contributed by atoms with Crippen LogP contribution in [0, 0.1) is 0 Å². The number of hydrogen-bond donors (Lipinski definition) is 0. The average Bonchev–Trinajstić information content (AvgIpc) is 3.13. The number of hydrogen-bond acceptors (Lipinski definition) is 0. The van der Waals surface area contributed by atoms with E-state index in [-0.39, 0.29) is 0 Å². The van der Waals surface area contributed by atoms with Gasteiger partial charge in [-0.05, 0) is 99.7 Å². The van der Waals surface area contributed by atoms with E-state index in [0.29, 0.717) is 0 Å². The van der Waals surface area contributed by atoms with Crippen LogP contribution in [-0.4, -0.2) is 0 Å². The Morgan fingerprint density at radius 1 is 0.217 bits per heavy atom. The summed E-state index contributed by atoms with van der Waals surface area (Å²) in [4.78, 5) is 0. The molecule has 0 heteroatoms. The predicted octanol–water partition coefficient (Wildman–Crippen LogP) is 13.0. The first-order valence-corrected chi connectivity index (χ1v) is 15.9. The van der Waals surface area contributed by atoms with Gasteiger partial charge in [0.1, 0.15) is 0 Å². The molecule has 0 amide bonds. The van der Waals surface area contributed by atoms with E-state index < -0.39 is 0 Å². The van der Waals surface area contributed by atoms with Gasteiger partial charge in [0.15, 0.2) is 0 Å². The molecule has 0 fully saturated rings. The molecular weight excluding hydrogens is 553 g/mol. The summed E-state index contributed by atoms with van der Waals surface area (Å²) < 4.78 is 0. The third-order valence-electron chi connectivity index (χ3n) is 9.42. The molecule has 0 aliphatic heterocycles. The molecule has 0 aromatic heterocycles. The van der Waals surface area contributed by atoms with Crippen LogP contribution in [0.1, 0.15) is 0 Å². The molecule has 0 nitrogen and oxygen atoms in total. The van der Waals surface area contributed by atoms with Crippen LogP contribution < -0.4 is 0 Å². The lowest BCUT2D eigenvalue weighted by atomic mass is 9.83. The highest BCUT2D eigenvalue weighted by Gasteiger charge is 2.19. The van der Waals surface area contributed by atoms with Gasteiger partial charge in [0.2, 0.25) is 0 Å². The first-order chi connectivity index (χ1) is 22.8. The lowest BCUT2D eigenvalue weighted by molar-refractivity contribution is 1.60. The maximum absolute atomic E-state index is 2.40. The van der Waals surface area contributed by atoms with E-state index in [1.54, 1.807) is 0 Å². The van der Waals surface area contributed by atoms with Crippen molar-refractivity contribution in [3.63, 3.8) is 0 Å². The zero-order valence-corrected chi connectivity index (χ0v) is 25.3. The number of fused-ring (bicyclic) bond motifs is 4. The van der Waals surface area contributed by atoms with Crippen molar-refractivity contribution in [3.05, 3.63) is 182 Å². The average molecular weight is 583 g/mol. The largest absolute Gasteiger partial charge is 0.0622 e. The maximum atomic E-state index is 2.40. The maximum Gasteiger partial charge on any atom is -0.00201 e. The molecule has 0 unspecified atom stereocenters. The van der Waals surface area contributed by atoms with Crippen LogP contribution in [0.25, 0.3) is 87.6 Å². The van der Waals surface area contributed by atoms with E-state index in [2.05, 4.69) is 182 Å². The Kier molecular flexibility index (Phi) is 6.25. The molecule has 214 valence electrons. The lowest BCUT2D eigenvalue weighted by Crippen LogP contribution is -1.93. The third-order valence-corrected chi connectivity index (χ3v) is 9.42. The molecule has 9 aromatic carbocycles. The Balaban J connectivity index is 1.35. The fraction of sp³-hybridized carbons (Fsp3) is 0. The summed E-state index contributed by atoms with van der Waals surface area (Å²) in [7, 11) is 0. The van der Waals surface area contributed by atoms with E-state index in [9.17, 15) is 0 Å². The molecule has 0 aliphatic rings. The van der Waals surface area contributed by atoms with Gasteiger partial charge in [-0.25, -0.2) is 0 Å². The van der Waals surface area contributed by atoms with Gasteiger partial charge in [0, 0.05) is 0 Å². The van der Waals surface area contributed by atoms with Crippen molar-refractivity contribution >= 4 is 43.1 Å². The summed E-state index contributed by atoms with van der Waals surface area (Å²) >= 11 is 0. The van der Waals surface area contributed by atoms with Gasteiger partial charge >= 0.3 is 0 Å². The fourth-order valence-electron chi connectivity index (χ4n) is 7.46. The molecule has 9 rings (SSSR count). The number of benzene rings is 9. The molecule has 0 heterocycles. The molecule has 0 spiro atoms. The minimum absolute atomic E-state index is 1.23. The minimum atomic E-state index is 1.23. The normalized spacial score (nSPS) is 11.5. The van der Waals surface area contributed by atoms with Gasteiger partial charge in [-0.1, -0.05) is 170 Å². The fourth-order valence-corrected chi connectivity index (χ4v) is 7.46. The summed E-state index contributed by atoms with van der Waals surface area (Å²) in [5.74, 6) is 0. The molecule has 0 saturated heterocycles. The first kappa shape index (κ1) is 26.4. The highest BCUT2D eigenvalue weighted by molar-refractivity contribution is 6.23. The molecule has 0 bridgehead atoms. The van der Waals surface area contributed by atoms with Crippen LogP contribution in [0.5, 0.6) is 0 Å². The van der Waals surface area contributed by atoms with Crippen molar-refractivity contribution < 1.29 is 0 Å². The Hall–Kier alpha value is -5.98.